The Bertz CT molecular complexity index is 1320. The van der Waals surface area contributed by atoms with E-state index in [1.807, 2.05) is 30.3 Å². The average Bonchev–Trinajstić information content (AvgIpc) is 3.58. The highest BCUT2D eigenvalue weighted by atomic mass is 19.1. The summed E-state index contributed by atoms with van der Waals surface area (Å²) in [5.74, 6) is -1.96. The molecule has 0 radical (unpaired) electrons. The van der Waals surface area contributed by atoms with E-state index in [9.17, 15) is 23.9 Å². The van der Waals surface area contributed by atoms with Crippen molar-refractivity contribution in [1.29, 1.82) is 0 Å². The molecule has 3 aromatic rings. The molecule has 2 amide bonds. The van der Waals surface area contributed by atoms with Gasteiger partial charge in [0.25, 0.3) is 0 Å². The van der Waals surface area contributed by atoms with Crippen molar-refractivity contribution in [2.75, 3.05) is 18.5 Å². The summed E-state index contributed by atoms with van der Waals surface area (Å²) < 4.78 is 18.4. The summed E-state index contributed by atoms with van der Waals surface area (Å²) in [7, 11) is 0. The Morgan fingerprint density at radius 3 is 2.47 bits per heavy atom. The number of carboxylic acid groups (broad SMARTS) is 1. The molecular weight excluding hydrogens is 489 g/mol. The predicted octanol–water partition coefficient (Wildman–Crippen LogP) is 4.56. The van der Waals surface area contributed by atoms with E-state index in [1.54, 1.807) is 23.1 Å². The van der Waals surface area contributed by atoms with Crippen LogP contribution in [0.3, 0.4) is 0 Å². The van der Waals surface area contributed by atoms with Crippen LogP contribution in [-0.4, -0.2) is 53.1 Å². The molecule has 200 valence electrons. The SMILES string of the molecule is N[C@H](CF)[C@H]1CC[C@H](C(=O)N2CC[C@@H](c3ccccc3)[C@H]2C(=O)Nc2ccc3oc(C(=O)O)cc3c2)CC1. The lowest BCUT2D eigenvalue weighted by atomic mass is 9.78. The smallest absolute Gasteiger partial charge is 0.371 e. The molecule has 2 fully saturated rings. The molecule has 5 rings (SSSR count). The molecule has 1 saturated carbocycles. The maximum atomic E-state index is 13.7. The van der Waals surface area contributed by atoms with Crippen LogP contribution in [0, 0.1) is 11.8 Å². The van der Waals surface area contributed by atoms with Gasteiger partial charge in [-0.15, -0.1) is 0 Å². The van der Waals surface area contributed by atoms with Gasteiger partial charge in [0.1, 0.15) is 18.3 Å². The lowest BCUT2D eigenvalue weighted by Gasteiger charge is -2.35. The standard InChI is InChI=1S/C29H32FN3O5/c30-16-23(31)18-6-8-19(9-7-18)28(35)33-13-12-22(17-4-2-1-3-5-17)26(33)27(34)32-21-10-11-24-20(14-21)15-25(38-24)29(36)37/h1-5,10-11,14-15,18-19,22-23,26H,6-9,12-13,16,31H2,(H,32,34)(H,36,37)/t18-,19-,22-,23+,26-/m0/s1. The Balaban J connectivity index is 1.37. The van der Waals surface area contributed by atoms with Crippen LogP contribution in [0.2, 0.25) is 0 Å². The molecule has 9 heteroatoms. The van der Waals surface area contributed by atoms with E-state index in [-0.39, 0.29) is 35.3 Å². The van der Waals surface area contributed by atoms with E-state index in [4.69, 9.17) is 10.2 Å². The lowest BCUT2D eigenvalue weighted by Crippen LogP contribution is -2.48. The molecule has 2 aliphatic rings. The monoisotopic (exact) mass is 521 g/mol. The van der Waals surface area contributed by atoms with Gasteiger partial charge in [-0.1, -0.05) is 30.3 Å². The van der Waals surface area contributed by atoms with Crippen LogP contribution in [0.4, 0.5) is 10.1 Å². The van der Waals surface area contributed by atoms with Crippen LogP contribution in [0.1, 0.15) is 54.1 Å². The minimum atomic E-state index is -1.17. The van der Waals surface area contributed by atoms with E-state index in [0.29, 0.717) is 55.3 Å². The molecule has 1 saturated heterocycles. The number of amides is 2. The Labute approximate surface area is 220 Å². The number of likely N-dealkylation sites (tertiary alicyclic amines) is 1. The number of furan rings is 1. The first-order chi connectivity index (χ1) is 18.4. The number of carbonyl (C=O) groups excluding carboxylic acids is 2. The van der Waals surface area contributed by atoms with Crippen molar-refractivity contribution in [2.24, 2.45) is 17.6 Å². The molecule has 2 aromatic carbocycles. The van der Waals surface area contributed by atoms with Crippen LogP contribution in [-0.2, 0) is 9.59 Å². The zero-order valence-corrected chi connectivity index (χ0v) is 21.0. The molecule has 1 aliphatic carbocycles. The highest BCUT2D eigenvalue weighted by Crippen LogP contribution is 2.38. The molecule has 4 N–H and O–H groups in total. The molecule has 8 nitrogen and oxygen atoms in total. The summed E-state index contributed by atoms with van der Waals surface area (Å²) in [5, 5.41) is 12.7. The highest BCUT2D eigenvalue weighted by molar-refractivity contribution is 6.00. The third-order valence-corrected chi connectivity index (χ3v) is 8.08. The minimum Gasteiger partial charge on any atom is -0.475 e. The first-order valence-electron chi connectivity index (χ1n) is 13.1. The second kappa shape index (κ2) is 10.9. The first-order valence-corrected chi connectivity index (χ1v) is 13.1. The van der Waals surface area contributed by atoms with E-state index in [1.165, 1.54) is 6.07 Å². The Hall–Kier alpha value is -3.72. The number of rotatable bonds is 7. The van der Waals surface area contributed by atoms with Crippen LogP contribution in [0.5, 0.6) is 0 Å². The Morgan fingerprint density at radius 2 is 1.79 bits per heavy atom. The highest BCUT2D eigenvalue weighted by Gasteiger charge is 2.44. The number of hydrogen-bond acceptors (Lipinski definition) is 5. The van der Waals surface area contributed by atoms with Gasteiger partial charge in [0.15, 0.2) is 0 Å². The molecule has 0 bridgehead atoms. The number of fused-ring (bicyclic) bond motifs is 1. The molecule has 38 heavy (non-hydrogen) atoms. The number of benzene rings is 2. The van der Waals surface area contributed by atoms with Gasteiger partial charge in [0, 0.05) is 35.5 Å². The number of nitrogens with zero attached hydrogens (tertiary/aromatic N) is 1. The maximum Gasteiger partial charge on any atom is 0.371 e. The third-order valence-electron chi connectivity index (χ3n) is 8.08. The fourth-order valence-electron chi connectivity index (χ4n) is 6.01. The summed E-state index contributed by atoms with van der Waals surface area (Å²) >= 11 is 0. The van der Waals surface area contributed by atoms with Gasteiger partial charge < -0.3 is 25.5 Å². The molecule has 0 spiro atoms. The van der Waals surface area contributed by atoms with E-state index in [2.05, 4.69) is 5.32 Å². The fourth-order valence-corrected chi connectivity index (χ4v) is 6.01. The van der Waals surface area contributed by atoms with Gasteiger partial charge in [0.2, 0.25) is 17.6 Å². The molecule has 3 atom stereocenters. The second-order valence-corrected chi connectivity index (χ2v) is 10.4. The van der Waals surface area contributed by atoms with Crippen molar-refractivity contribution in [3.05, 3.63) is 65.9 Å². The number of anilines is 1. The van der Waals surface area contributed by atoms with Gasteiger partial charge in [-0.25, -0.2) is 9.18 Å². The number of carboxylic acids is 1. The van der Waals surface area contributed by atoms with E-state index >= 15 is 0 Å². The number of aromatic carboxylic acids is 1. The van der Waals surface area contributed by atoms with Crippen LogP contribution >= 0.6 is 0 Å². The molecular formula is C29H32FN3O5. The molecule has 0 unspecified atom stereocenters. The van der Waals surface area contributed by atoms with Gasteiger partial charge in [-0.05, 0) is 67.9 Å². The average molecular weight is 522 g/mol. The topological polar surface area (TPSA) is 126 Å². The number of halogens is 1. The number of hydrogen-bond donors (Lipinski definition) is 3. The first kappa shape index (κ1) is 25.9. The zero-order valence-electron chi connectivity index (χ0n) is 21.0. The zero-order chi connectivity index (χ0) is 26.8. The lowest BCUT2D eigenvalue weighted by molar-refractivity contribution is -0.141. The van der Waals surface area contributed by atoms with Gasteiger partial charge in [-0.2, -0.15) is 0 Å². The fraction of sp³-hybridized carbons (Fsp3) is 0.414. The van der Waals surface area contributed by atoms with E-state index in [0.717, 1.165) is 5.56 Å². The number of nitrogens with two attached hydrogens (primary N) is 1. The summed E-state index contributed by atoms with van der Waals surface area (Å²) in [6.45, 7) is -0.0816. The molecule has 1 aliphatic heterocycles. The van der Waals surface area contributed by atoms with Crippen molar-refractivity contribution in [3.63, 3.8) is 0 Å². The summed E-state index contributed by atoms with van der Waals surface area (Å²) in [6, 6.07) is 14.9. The minimum absolute atomic E-state index is 0.0350. The summed E-state index contributed by atoms with van der Waals surface area (Å²) in [5.41, 5.74) is 7.80. The molecule has 1 aromatic heterocycles. The summed E-state index contributed by atoms with van der Waals surface area (Å²) in [4.78, 5) is 40.4. The van der Waals surface area contributed by atoms with Crippen molar-refractivity contribution >= 4 is 34.4 Å². The van der Waals surface area contributed by atoms with Crippen molar-refractivity contribution in [1.82, 2.24) is 4.90 Å². The quantitative estimate of drug-likeness (QED) is 0.419. The Morgan fingerprint density at radius 1 is 1.05 bits per heavy atom. The van der Waals surface area contributed by atoms with Crippen molar-refractivity contribution in [2.45, 2.75) is 50.1 Å². The van der Waals surface area contributed by atoms with Gasteiger partial charge in [-0.3, -0.25) is 9.59 Å². The second-order valence-electron chi connectivity index (χ2n) is 10.4. The van der Waals surface area contributed by atoms with Crippen LogP contribution < -0.4 is 11.1 Å². The van der Waals surface area contributed by atoms with Crippen LogP contribution in [0.15, 0.2) is 59.0 Å². The normalized spacial score (nSPS) is 24.3. The number of alkyl halides is 1. The van der Waals surface area contributed by atoms with Crippen LogP contribution in [0.25, 0.3) is 11.0 Å². The van der Waals surface area contributed by atoms with Gasteiger partial charge in [0.05, 0.1) is 0 Å². The molecule has 2 heterocycles. The summed E-state index contributed by atoms with van der Waals surface area (Å²) in [6.07, 6.45) is 3.36. The third kappa shape index (κ3) is 5.15. The number of carbonyl (C=O) groups is 3. The van der Waals surface area contributed by atoms with E-state index < -0.39 is 24.7 Å². The van der Waals surface area contributed by atoms with Crippen molar-refractivity contribution in [3.8, 4) is 0 Å². The van der Waals surface area contributed by atoms with Crippen molar-refractivity contribution < 1.29 is 28.3 Å². The largest absolute Gasteiger partial charge is 0.475 e. The predicted molar refractivity (Wildman–Crippen MR) is 141 cm³/mol. The Kier molecular flexibility index (Phi) is 7.46. The number of nitrogens with one attached hydrogen (secondary N) is 1. The van der Waals surface area contributed by atoms with Gasteiger partial charge >= 0.3 is 5.97 Å². The maximum absolute atomic E-state index is 13.7.